The van der Waals surface area contributed by atoms with Crippen molar-refractivity contribution >= 4 is 28.4 Å². The zero-order chi connectivity index (χ0) is 16.9. The Morgan fingerprint density at radius 2 is 2.42 bits per heavy atom. The van der Waals surface area contributed by atoms with Crippen LogP contribution in [0.3, 0.4) is 0 Å². The van der Waals surface area contributed by atoms with Gasteiger partial charge in [-0.25, -0.2) is 19.7 Å². The summed E-state index contributed by atoms with van der Waals surface area (Å²) in [5.74, 6) is -0.397. The second-order valence-corrected chi connectivity index (χ2v) is 6.36. The van der Waals surface area contributed by atoms with Crippen molar-refractivity contribution in [3.05, 3.63) is 29.0 Å². The third-order valence-corrected chi connectivity index (χ3v) is 4.59. The van der Waals surface area contributed by atoms with Crippen LogP contribution in [0.2, 0.25) is 0 Å². The van der Waals surface area contributed by atoms with Crippen LogP contribution in [0.1, 0.15) is 34.9 Å². The summed E-state index contributed by atoms with van der Waals surface area (Å²) < 4.78 is 0. The highest BCUT2D eigenvalue weighted by Gasteiger charge is 2.22. The average molecular weight is 344 g/mol. The number of anilines is 2. The number of hydrogen-bond acceptors (Lipinski definition) is 8. The molecule has 0 aromatic carbocycles. The number of hydrogen-bond donors (Lipinski definition) is 2. The normalized spacial score (nSPS) is 18.0. The lowest BCUT2D eigenvalue weighted by Crippen LogP contribution is -2.34. The smallest absolute Gasteiger partial charge is 0.355 e. The zero-order valence-electron chi connectivity index (χ0n) is 12.8. The Labute approximate surface area is 142 Å². The molecule has 9 heteroatoms. The minimum Gasteiger partial charge on any atom is -0.476 e. The molecule has 0 unspecified atom stereocenters. The number of nitrogens with zero attached hydrogens (tertiary/aromatic N) is 5. The molecule has 3 rings (SSSR count). The lowest BCUT2D eigenvalue weighted by Gasteiger charge is -2.30. The van der Waals surface area contributed by atoms with Crippen LogP contribution in [0.4, 0.5) is 11.1 Å². The summed E-state index contributed by atoms with van der Waals surface area (Å²) in [6.07, 6.45) is 3.74. The zero-order valence-corrected chi connectivity index (χ0v) is 13.7. The number of nitrogens with one attached hydrogen (secondary N) is 1. The van der Waals surface area contributed by atoms with Gasteiger partial charge in [0.05, 0.1) is 18.3 Å². The second-order valence-electron chi connectivity index (χ2n) is 5.51. The molecule has 1 aliphatic heterocycles. The Kier molecular flexibility index (Phi) is 4.98. The molecule has 0 spiro atoms. The number of carboxylic acids is 1. The maximum atomic E-state index is 10.9. The van der Waals surface area contributed by atoms with E-state index in [1.807, 2.05) is 6.07 Å². The molecular weight excluding hydrogens is 328 g/mol. The number of rotatable bonds is 5. The van der Waals surface area contributed by atoms with Gasteiger partial charge in [0.1, 0.15) is 0 Å². The maximum absolute atomic E-state index is 10.9. The predicted octanol–water partition coefficient (Wildman–Crippen LogP) is 2.08. The van der Waals surface area contributed by atoms with Crippen molar-refractivity contribution in [2.24, 2.45) is 0 Å². The number of aromatic carboxylic acids is 1. The van der Waals surface area contributed by atoms with Crippen LogP contribution in [0, 0.1) is 11.3 Å². The quantitative estimate of drug-likeness (QED) is 0.792. The van der Waals surface area contributed by atoms with Crippen LogP contribution in [-0.2, 0) is 0 Å². The highest BCUT2D eigenvalue weighted by atomic mass is 32.1. The van der Waals surface area contributed by atoms with Crippen LogP contribution in [0.15, 0.2) is 17.6 Å². The summed E-state index contributed by atoms with van der Waals surface area (Å²) in [4.78, 5) is 25.7. The first-order valence-electron chi connectivity index (χ1n) is 7.54. The van der Waals surface area contributed by atoms with Gasteiger partial charge in [-0.2, -0.15) is 5.26 Å². The minimum atomic E-state index is -1.06. The Hall–Kier alpha value is -2.57. The van der Waals surface area contributed by atoms with Gasteiger partial charge < -0.3 is 10.4 Å². The first kappa shape index (κ1) is 16.3. The second kappa shape index (κ2) is 7.33. The van der Waals surface area contributed by atoms with Crippen molar-refractivity contribution in [1.29, 1.82) is 5.26 Å². The molecule has 0 amide bonds. The minimum absolute atomic E-state index is 0.00178. The van der Waals surface area contributed by atoms with Gasteiger partial charge in [0.25, 0.3) is 0 Å². The molecule has 8 nitrogen and oxygen atoms in total. The van der Waals surface area contributed by atoms with Crippen LogP contribution >= 0.6 is 11.3 Å². The fourth-order valence-corrected chi connectivity index (χ4v) is 3.40. The Morgan fingerprint density at radius 1 is 1.54 bits per heavy atom. The molecular formula is C15H16N6O2S. The fraction of sp³-hybridized carbons (Fsp3) is 0.400. The summed E-state index contributed by atoms with van der Waals surface area (Å²) in [5.41, 5.74) is 0.920. The molecule has 1 fully saturated rings. The van der Waals surface area contributed by atoms with Gasteiger partial charge >= 0.3 is 5.97 Å². The Balaban J connectivity index is 1.71. The van der Waals surface area contributed by atoms with Gasteiger partial charge in [0.15, 0.2) is 10.8 Å². The molecule has 0 saturated carbocycles. The molecule has 1 aliphatic rings. The van der Waals surface area contributed by atoms with Gasteiger partial charge in [-0.15, -0.1) is 11.3 Å². The number of nitriles is 1. The van der Waals surface area contributed by atoms with E-state index in [9.17, 15) is 4.79 Å². The average Bonchev–Trinajstić information content (AvgIpc) is 3.04. The number of aromatic nitrogens is 3. The standard InChI is InChI=1S/C15H16N6O2S/c16-4-7-21-6-1-2-10(8-21)11-3-5-17-14(18-11)20-15-19-12(9-24-15)13(22)23/h3,5,9-10H,1-2,6-8H2,(H,22,23)(H,17,18,19,20)/t10-/m1/s1. The first-order chi connectivity index (χ1) is 11.7. The van der Waals surface area contributed by atoms with E-state index in [-0.39, 0.29) is 11.6 Å². The molecule has 2 aromatic heterocycles. The maximum Gasteiger partial charge on any atom is 0.355 e. The van der Waals surface area contributed by atoms with Crippen molar-refractivity contribution in [2.75, 3.05) is 25.0 Å². The van der Waals surface area contributed by atoms with E-state index in [0.29, 0.717) is 17.6 Å². The topological polar surface area (TPSA) is 115 Å². The van der Waals surface area contributed by atoms with E-state index < -0.39 is 5.97 Å². The van der Waals surface area contributed by atoms with Crippen LogP contribution in [-0.4, -0.2) is 50.6 Å². The SMILES string of the molecule is N#CCN1CCC[C@@H](c2ccnc(Nc3nc(C(=O)O)cs3)n2)C1. The third-order valence-electron chi connectivity index (χ3n) is 3.84. The van der Waals surface area contributed by atoms with Crippen LogP contribution in [0.25, 0.3) is 0 Å². The number of thiazole rings is 1. The van der Waals surface area contributed by atoms with E-state index in [2.05, 4.69) is 31.2 Å². The molecule has 3 heterocycles. The van der Waals surface area contributed by atoms with Crippen molar-refractivity contribution in [2.45, 2.75) is 18.8 Å². The lowest BCUT2D eigenvalue weighted by atomic mass is 9.94. The van der Waals surface area contributed by atoms with E-state index >= 15 is 0 Å². The van der Waals surface area contributed by atoms with Crippen molar-refractivity contribution in [1.82, 2.24) is 19.9 Å². The summed E-state index contributed by atoms with van der Waals surface area (Å²) in [5, 5.41) is 22.6. The van der Waals surface area contributed by atoms with Crippen molar-refractivity contribution in [3.63, 3.8) is 0 Å². The molecule has 1 atom stereocenters. The number of carboxylic acid groups (broad SMARTS) is 1. The van der Waals surface area contributed by atoms with Crippen LogP contribution in [0.5, 0.6) is 0 Å². The molecule has 0 bridgehead atoms. The molecule has 124 valence electrons. The van der Waals surface area contributed by atoms with E-state index in [4.69, 9.17) is 10.4 Å². The summed E-state index contributed by atoms with van der Waals surface area (Å²) >= 11 is 1.19. The fourth-order valence-electron chi connectivity index (χ4n) is 2.73. The predicted molar refractivity (Wildman–Crippen MR) is 88.4 cm³/mol. The monoisotopic (exact) mass is 344 g/mol. The van der Waals surface area contributed by atoms with Crippen LogP contribution < -0.4 is 5.32 Å². The summed E-state index contributed by atoms with van der Waals surface area (Å²) in [6, 6.07) is 4.08. The van der Waals surface area contributed by atoms with Gasteiger partial charge in [-0.1, -0.05) is 0 Å². The summed E-state index contributed by atoms with van der Waals surface area (Å²) in [6.45, 7) is 2.19. The number of carbonyl (C=O) groups is 1. The third kappa shape index (κ3) is 3.84. The van der Waals surface area contributed by atoms with Gasteiger partial charge in [-0.3, -0.25) is 4.90 Å². The highest BCUT2D eigenvalue weighted by molar-refractivity contribution is 7.14. The first-order valence-corrected chi connectivity index (χ1v) is 8.42. The Bertz CT molecular complexity index is 771. The van der Waals surface area contributed by atoms with E-state index in [0.717, 1.165) is 31.6 Å². The Morgan fingerprint density at radius 3 is 3.17 bits per heavy atom. The molecule has 2 aromatic rings. The van der Waals surface area contributed by atoms with Gasteiger partial charge in [-0.05, 0) is 25.5 Å². The molecule has 0 aliphatic carbocycles. The number of likely N-dealkylation sites (tertiary alicyclic amines) is 1. The van der Waals surface area contributed by atoms with Crippen molar-refractivity contribution < 1.29 is 9.90 Å². The molecule has 2 N–H and O–H groups in total. The molecule has 1 saturated heterocycles. The summed E-state index contributed by atoms with van der Waals surface area (Å²) in [7, 11) is 0. The van der Waals surface area contributed by atoms with Gasteiger partial charge in [0, 0.05) is 24.0 Å². The van der Waals surface area contributed by atoms with Gasteiger partial charge in [0.2, 0.25) is 5.95 Å². The highest BCUT2D eigenvalue weighted by Crippen LogP contribution is 2.26. The van der Waals surface area contributed by atoms with Crippen molar-refractivity contribution in [3.8, 4) is 6.07 Å². The van der Waals surface area contributed by atoms with E-state index in [1.165, 1.54) is 16.7 Å². The molecule has 24 heavy (non-hydrogen) atoms. The number of piperidine rings is 1. The molecule has 0 radical (unpaired) electrons. The lowest BCUT2D eigenvalue weighted by molar-refractivity contribution is 0.0691. The van der Waals surface area contributed by atoms with E-state index in [1.54, 1.807) is 6.20 Å². The largest absolute Gasteiger partial charge is 0.476 e.